The third-order valence-corrected chi connectivity index (χ3v) is 2.85. The van der Waals surface area contributed by atoms with Crippen LogP contribution in [0.15, 0.2) is 36.5 Å². The molecule has 1 amide bonds. The van der Waals surface area contributed by atoms with Gasteiger partial charge in [0, 0.05) is 11.9 Å². The Morgan fingerprint density at radius 1 is 1.40 bits per heavy atom. The summed E-state index contributed by atoms with van der Waals surface area (Å²) in [5.74, 6) is 0.599. The van der Waals surface area contributed by atoms with E-state index in [9.17, 15) is 4.79 Å². The van der Waals surface area contributed by atoms with E-state index in [-0.39, 0.29) is 18.6 Å². The predicted octanol–water partition coefficient (Wildman–Crippen LogP) is 2.11. The van der Waals surface area contributed by atoms with Crippen molar-refractivity contribution in [3.05, 3.63) is 53.6 Å². The number of nitrogens with zero attached hydrogens (tertiary/aromatic N) is 1. The molecule has 1 unspecified atom stereocenters. The maximum Gasteiger partial charge on any atom is 0.246 e. The molecule has 2 rings (SSSR count). The summed E-state index contributed by atoms with van der Waals surface area (Å²) in [5, 5.41) is 2.84. The van der Waals surface area contributed by atoms with Gasteiger partial charge in [-0.25, -0.2) is 4.98 Å². The predicted molar refractivity (Wildman–Crippen MR) is 76.0 cm³/mol. The number of imidazole rings is 1. The Hall–Kier alpha value is -2.14. The second kappa shape index (κ2) is 6.86. The van der Waals surface area contributed by atoms with Crippen LogP contribution in [0.5, 0.6) is 0 Å². The highest BCUT2D eigenvalue weighted by Gasteiger charge is 2.12. The molecule has 5 heteroatoms. The Morgan fingerprint density at radius 3 is 2.80 bits per heavy atom. The molecule has 0 saturated carbocycles. The van der Waals surface area contributed by atoms with Gasteiger partial charge in [0.25, 0.3) is 0 Å². The molecule has 20 heavy (non-hydrogen) atoms. The monoisotopic (exact) mass is 273 g/mol. The summed E-state index contributed by atoms with van der Waals surface area (Å²) >= 11 is 0. The third-order valence-electron chi connectivity index (χ3n) is 2.85. The summed E-state index contributed by atoms with van der Waals surface area (Å²) in [7, 11) is 0. The molecule has 1 aromatic carbocycles. The van der Waals surface area contributed by atoms with E-state index in [1.807, 2.05) is 44.2 Å². The molecule has 0 saturated heterocycles. The molecule has 5 nitrogen and oxygen atoms in total. The van der Waals surface area contributed by atoms with Crippen LogP contribution >= 0.6 is 0 Å². The van der Waals surface area contributed by atoms with Gasteiger partial charge in [0.2, 0.25) is 5.91 Å². The van der Waals surface area contributed by atoms with E-state index >= 15 is 0 Å². The summed E-state index contributed by atoms with van der Waals surface area (Å²) in [6.45, 7) is 4.28. The molecule has 1 atom stereocenters. The van der Waals surface area contributed by atoms with Crippen LogP contribution in [0.3, 0.4) is 0 Å². The van der Waals surface area contributed by atoms with Gasteiger partial charge in [-0.2, -0.15) is 0 Å². The maximum absolute atomic E-state index is 11.7. The molecule has 106 valence electrons. The first-order chi connectivity index (χ1) is 9.65. The molecule has 1 aromatic heterocycles. The van der Waals surface area contributed by atoms with Crippen molar-refractivity contribution in [1.29, 1.82) is 0 Å². The van der Waals surface area contributed by atoms with Crippen LogP contribution in [0.1, 0.15) is 30.0 Å². The number of ether oxygens (including phenoxy) is 1. The average Bonchev–Trinajstić information content (AvgIpc) is 2.87. The molecule has 0 fully saturated rings. The normalized spacial score (nSPS) is 12.1. The topological polar surface area (TPSA) is 67.0 Å². The fraction of sp³-hybridized carbons (Fsp3) is 0.333. The standard InChI is InChI=1S/C15H19N3O2/c1-11-8-16-15(17-11)12(2)18-14(19)10-20-9-13-6-4-3-5-7-13/h3-8,12H,9-10H2,1-2H3,(H,16,17)(H,18,19). The van der Waals surface area contributed by atoms with Gasteiger partial charge < -0.3 is 15.0 Å². The number of carbonyl (C=O) groups excluding carboxylic acids is 1. The van der Waals surface area contributed by atoms with E-state index in [4.69, 9.17) is 4.74 Å². The third kappa shape index (κ3) is 4.20. The number of aromatic nitrogens is 2. The Morgan fingerprint density at radius 2 is 2.15 bits per heavy atom. The first-order valence-electron chi connectivity index (χ1n) is 6.57. The van der Waals surface area contributed by atoms with E-state index in [0.29, 0.717) is 6.61 Å². The average molecular weight is 273 g/mol. The molecular formula is C15H19N3O2. The van der Waals surface area contributed by atoms with E-state index in [1.165, 1.54) is 0 Å². The highest BCUT2D eigenvalue weighted by molar-refractivity contribution is 5.77. The zero-order chi connectivity index (χ0) is 14.4. The molecule has 0 aliphatic heterocycles. The van der Waals surface area contributed by atoms with Gasteiger partial charge in [-0.15, -0.1) is 0 Å². The van der Waals surface area contributed by atoms with Crippen LogP contribution in [0, 0.1) is 6.92 Å². The van der Waals surface area contributed by atoms with Crippen molar-refractivity contribution in [2.75, 3.05) is 6.61 Å². The van der Waals surface area contributed by atoms with Gasteiger partial charge in [-0.1, -0.05) is 30.3 Å². The molecule has 2 N–H and O–H groups in total. The van der Waals surface area contributed by atoms with E-state index in [2.05, 4.69) is 15.3 Å². The van der Waals surface area contributed by atoms with Crippen LogP contribution in [0.4, 0.5) is 0 Å². The number of nitrogens with one attached hydrogen (secondary N) is 2. The van der Waals surface area contributed by atoms with Crippen molar-refractivity contribution in [1.82, 2.24) is 15.3 Å². The van der Waals surface area contributed by atoms with Crippen molar-refractivity contribution >= 4 is 5.91 Å². The number of H-pyrrole nitrogens is 1. The summed E-state index contributed by atoms with van der Waals surface area (Å²) in [6, 6.07) is 9.61. The highest BCUT2D eigenvalue weighted by atomic mass is 16.5. The van der Waals surface area contributed by atoms with E-state index in [0.717, 1.165) is 17.1 Å². The van der Waals surface area contributed by atoms with Gasteiger partial charge >= 0.3 is 0 Å². The van der Waals surface area contributed by atoms with Gasteiger partial charge in [-0.3, -0.25) is 4.79 Å². The molecule has 0 aliphatic carbocycles. The number of carbonyl (C=O) groups is 1. The summed E-state index contributed by atoms with van der Waals surface area (Å²) < 4.78 is 5.38. The number of rotatable bonds is 6. The summed E-state index contributed by atoms with van der Waals surface area (Å²) in [6.07, 6.45) is 1.74. The van der Waals surface area contributed by atoms with Crippen molar-refractivity contribution in [3.8, 4) is 0 Å². The maximum atomic E-state index is 11.7. The lowest BCUT2D eigenvalue weighted by molar-refractivity contribution is -0.126. The first kappa shape index (κ1) is 14.3. The van der Waals surface area contributed by atoms with Crippen molar-refractivity contribution < 1.29 is 9.53 Å². The highest BCUT2D eigenvalue weighted by Crippen LogP contribution is 2.07. The zero-order valence-corrected chi connectivity index (χ0v) is 11.7. The Balaban J connectivity index is 1.73. The molecule has 0 radical (unpaired) electrons. The molecular weight excluding hydrogens is 254 g/mol. The Labute approximate surface area is 118 Å². The molecule has 0 bridgehead atoms. The molecule has 0 spiro atoms. The second-order valence-corrected chi connectivity index (χ2v) is 4.72. The second-order valence-electron chi connectivity index (χ2n) is 4.72. The minimum absolute atomic E-state index is 0.0406. The quantitative estimate of drug-likeness (QED) is 0.847. The van der Waals surface area contributed by atoms with Crippen LogP contribution in [-0.2, 0) is 16.1 Å². The van der Waals surface area contributed by atoms with Gasteiger partial charge in [0.15, 0.2) is 0 Å². The largest absolute Gasteiger partial charge is 0.367 e. The molecule has 1 heterocycles. The van der Waals surface area contributed by atoms with Crippen LogP contribution in [-0.4, -0.2) is 22.5 Å². The minimum atomic E-state index is -0.156. The van der Waals surface area contributed by atoms with Gasteiger partial charge in [-0.05, 0) is 19.4 Å². The van der Waals surface area contributed by atoms with E-state index in [1.54, 1.807) is 6.20 Å². The number of hydrogen-bond acceptors (Lipinski definition) is 3. The lowest BCUT2D eigenvalue weighted by Gasteiger charge is -2.11. The van der Waals surface area contributed by atoms with Crippen molar-refractivity contribution in [2.24, 2.45) is 0 Å². The minimum Gasteiger partial charge on any atom is -0.367 e. The van der Waals surface area contributed by atoms with Crippen molar-refractivity contribution in [3.63, 3.8) is 0 Å². The number of amides is 1. The first-order valence-corrected chi connectivity index (χ1v) is 6.57. The molecule has 2 aromatic rings. The molecule has 0 aliphatic rings. The van der Waals surface area contributed by atoms with E-state index < -0.39 is 0 Å². The summed E-state index contributed by atoms with van der Waals surface area (Å²) in [4.78, 5) is 19.0. The Bertz CT molecular complexity index is 551. The Kier molecular flexibility index (Phi) is 4.90. The van der Waals surface area contributed by atoms with Crippen LogP contribution < -0.4 is 5.32 Å². The zero-order valence-electron chi connectivity index (χ0n) is 11.7. The van der Waals surface area contributed by atoms with Crippen molar-refractivity contribution in [2.45, 2.75) is 26.5 Å². The SMILES string of the molecule is Cc1cnc(C(C)NC(=O)COCc2ccccc2)[nH]1. The number of aryl methyl sites for hydroxylation is 1. The van der Waals surface area contributed by atoms with Gasteiger partial charge in [0.1, 0.15) is 12.4 Å². The van der Waals surface area contributed by atoms with Crippen LogP contribution in [0.25, 0.3) is 0 Å². The fourth-order valence-electron chi connectivity index (χ4n) is 1.84. The fourth-order valence-corrected chi connectivity index (χ4v) is 1.84. The number of hydrogen-bond donors (Lipinski definition) is 2. The smallest absolute Gasteiger partial charge is 0.246 e. The number of benzene rings is 1. The van der Waals surface area contributed by atoms with Crippen LogP contribution in [0.2, 0.25) is 0 Å². The number of aromatic amines is 1. The summed E-state index contributed by atoms with van der Waals surface area (Å²) in [5.41, 5.74) is 2.02. The van der Waals surface area contributed by atoms with Gasteiger partial charge in [0.05, 0.1) is 12.6 Å². The lowest BCUT2D eigenvalue weighted by Crippen LogP contribution is -2.30. The lowest BCUT2D eigenvalue weighted by atomic mass is 10.2.